The van der Waals surface area contributed by atoms with Crippen LogP contribution >= 0.6 is 11.8 Å². The van der Waals surface area contributed by atoms with Gasteiger partial charge in [-0.15, -0.1) is 0 Å². The standard InChI is InChI=1S/C5H9NS/c6-5-1-3-7-4-2-5/h6H,1-4H2. The van der Waals surface area contributed by atoms with Gasteiger partial charge in [-0.2, -0.15) is 11.8 Å². The summed E-state index contributed by atoms with van der Waals surface area (Å²) in [6.45, 7) is 0. The second-order valence-electron chi connectivity index (χ2n) is 1.72. The minimum atomic E-state index is 0.943. The van der Waals surface area contributed by atoms with E-state index in [0.717, 1.165) is 18.6 Å². The van der Waals surface area contributed by atoms with Crippen LogP contribution in [0.15, 0.2) is 0 Å². The Morgan fingerprint density at radius 3 is 2.14 bits per heavy atom. The van der Waals surface area contributed by atoms with Crippen LogP contribution in [0.4, 0.5) is 0 Å². The molecule has 0 aromatic heterocycles. The van der Waals surface area contributed by atoms with E-state index in [9.17, 15) is 0 Å². The van der Waals surface area contributed by atoms with E-state index in [1.807, 2.05) is 11.8 Å². The maximum absolute atomic E-state index is 7.18. The zero-order valence-corrected chi connectivity index (χ0v) is 5.05. The molecule has 0 aliphatic carbocycles. The Morgan fingerprint density at radius 1 is 1.29 bits per heavy atom. The smallest absolute Gasteiger partial charge is 0.0106 e. The molecule has 0 aromatic carbocycles. The SMILES string of the molecule is N=C1CCSCC1. The zero-order chi connectivity index (χ0) is 5.11. The fourth-order valence-corrected chi connectivity index (χ4v) is 1.60. The van der Waals surface area contributed by atoms with Gasteiger partial charge in [0.15, 0.2) is 0 Å². The Morgan fingerprint density at radius 2 is 1.86 bits per heavy atom. The molecule has 7 heavy (non-hydrogen) atoms. The second kappa shape index (κ2) is 2.36. The van der Waals surface area contributed by atoms with Gasteiger partial charge < -0.3 is 5.41 Å². The molecule has 1 N–H and O–H groups in total. The molecule has 0 spiro atoms. The Hall–Kier alpha value is 0.0200. The summed E-state index contributed by atoms with van der Waals surface area (Å²) in [5, 5.41) is 7.18. The van der Waals surface area contributed by atoms with Gasteiger partial charge in [0.1, 0.15) is 0 Å². The molecule has 0 radical (unpaired) electrons. The minimum absolute atomic E-state index is 0.943. The molecule has 1 aliphatic heterocycles. The van der Waals surface area contributed by atoms with Crippen molar-refractivity contribution in [3.05, 3.63) is 0 Å². The Labute approximate surface area is 48.0 Å². The fourth-order valence-electron chi connectivity index (χ4n) is 0.618. The van der Waals surface area contributed by atoms with Gasteiger partial charge in [-0.3, -0.25) is 0 Å². The van der Waals surface area contributed by atoms with Crippen molar-refractivity contribution in [2.24, 2.45) is 0 Å². The molecule has 0 aromatic rings. The molecule has 1 saturated heterocycles. The lowest BCUT2D eigenvalue weighted by molar-refractivity contribution is 1.11. The fraction of sp³-hybridized carbons (Fsp3) is 0.800. The molecule has 0 amide bonds. The maximum Gasteiger partial charge on any atom is 0.0106 e. The predicted molar refractivity (Wildman–Crippen MR) is 34.3 cm³/mol. The molecule has 1 aliphatic rings. The highest BCUT2D eigenvalue weighted by atomic mass is 32.2. The molecule has 0 bridgehead atoms. The summed E-state index contributed by atoms with van der Waals surface area (Å²) >= 11 is 1.96. The highest BCUT2D eigenvalue weighted by Gasteiger charge is 2.02. The number of hydrogen-bond donors (Lipinski definition) is 1. The van der Waals surface area contributed by atoms with Gasteiger partial charge in [0, 0.05) is 5.71 Å². The van der Waals surface area contributed by atoms with Crippen LogP contribution in [0.1, 0.15) is 12.8 Å². The van der Waals surface area contributed by atoms with E-state index in [-0.39, 0.29) is 0 Å². The first kappa shape index (κ1) is 5.16. The maximum atomic E-state index is 7.18. The van der Waals surface area contributed by atoms with E-state index in [0.29, 0.717) is 0 Å². The van der Waals surface area contributed by atoms with Crippen molar-refractivity contribution < 1.29 is 0 Å². The van der Waals surface area contributed by atoms with E-state index < -0.39 is 0 Å². The minimum Gasteiger partial charge on any atom is -0.310 e. The predicted octanol–water partition coefficient (Wildman–Crippen LogP) is 1.53. The van der Waals surface area contributed by atoms with Crippen molar-refractivity contribution in [1.82, 2.24) is 0 Å². The van der Waals surface area contributed by atoms with Gasteiger partial charge in [0.05, 0.1) is 0 Å². The third-order valence-electron chi connectivity index (χ3n) is 1.10. The van der Waals surface area contributed by atoms with Crippen molar-refractivity contribution in [1.29, 1.82) is 5.41 Å². The van der Waals surface area contributed by atoms with E-state index in [1.54, 1.807) is 0 Å². The molecule has 1 fully saturated rings. The van der Waals surface area contributed by atoms with Crippen LogP contribution in [0.5, 0.6) is 0 Å². The molecule has 0 unspecified atom stereocenters. The van der Waals surface area contributed by atoms with Gasteiger partial charge >= 0.3 is 0 Å². The number of hydrogen-bond acceptors (Lipinski definition) is 2. The molecular formula is C5H9NS. The van der Waals surface area contributed by atoms with Crippen molar-refractivity contribution in [2.45, 2.75) is 12.8 Å². The van der Waals surface area contributed by atoms with Crippen molar-refractivity contribution >= 4 is 17.5 Å². The van der Waals surface area contributed by atoms with Crippen LogP contribution in [-0.4, -0.2) is 17.2 Å². The quantitative estimate of drug-likeness (QED) is 0.508. The average molecular weight is 115 g/mol. The average Bonchev–Trinajstić information content (AvgIpc) is 1.69. The molecule has 0 atom stereocenters. The summed E-state index contributed by atoms with van der Waals surface area (Å²) in [5.74, 6) is 2.36. The first-order chi connectivity index (χ1) is 3.39. The van der Waals surface area contributed by atoms with E-state index in [4.69, 9.17) is 5.41 Å². The topological polar surface area (TPSA) is 23.9 Å². The highest BCUT2D eigenvalue weighted by molar-refractivity contribution is 7.99. The van der Waals surface area contributed by atoms with Crippen LogP contribution in [0, 0.1) is 5.41 Å². The zero-order valence-electron chi connectivity index (χ0n) is 4.24. The molecule has 1 heterocycles. The molecule has 1 rings (SSSR count). The molecule has 0 saturated carbocycles. The van der Waals surface area contributed by atoms with Crippen LogP contribution in [0.3, 0.4) is 0 Å². The van der Waals surface area contributed by atoms with Gasteiger partial charge in [0.2, 0.25) is 0 Å². The summed E-state index contributed by atoms with van der Waals surface area (Å²) in [5.41, 5.74) is 0.943. The van der Waals surface area contributed by atoms with E-state index >= 15 is 0 Å². The number of thioether (sulfide) groups is 1. The number of nitrogens with one attached hydrogen (secondary N) is 1. The first-order valence-corrected chi connectivity index (χ1v) is 3.69. The Kier molecular flexibility index (Phi) is 1.74. The van der Waals surface area contributed by atoms with Gasteiger partial charge in [-0.25, -0.2) is 0 Å². The molecule has 1 nitrogen and oxygen atoms in total. The van der Waals surface area contributed by atoms with Gasteiger partial charge in [-0.1, -0.05) is 0 Å². The summed E-state index contributed by atoms with van der Waals surface area (Å²) in [7, 11) is 0. The van der Waals surface area contributed by atoms with Crippen LogP contribution < -0.4 is 0 Å². The molecular weight excluding hydrogens is 106 g/mol. The third-order valence-corrected chi connectivity index (χ3v) is 2.08. The Balaban J connectivity index is 2.25. The molecule has 40 valence electrons. The van der Waals surface area contributed by atoms with Crippen LogP contribution in [0.2, 0.25) is 0 Å². The summed E-state index contributed by atoms with van der Waals surface area (Å²) in [6.07, 6.45) is 2.06. The highest BCUT2D eigenvalue weighted by Crippen LogP contribution is 2.12. The van der Waals surface area contributed by atoms with Gasteiger partial charge in [-0.05, 0) is 24.3 Å². The van der Waals surface area contributed by atoms with Crippen molar-refractivity contribution in [2.75, 3.05) is 11.5 Å². The van der Waals surface area contributed by atoms with Crippen LogP contribution in [0.25, 0.3) is 0 Å². The largest absolute Gasteiger partial charge is 0.310 e. The molecule has 2 heteroatoms. The monoisotopic (exact) mass is 115 g/mol. The van der Waals surface area contributed by atoms with E-state index in [2.05, 4.69) is 0 Å². The summed E-state index contributed by atoms with van der Waals surface area (Å²) < 4.78 is 0. The van der Waals surface area contributed by atoms with Crippen molar-refractivity contribution in [3.63, 3.8) is 0 Å². The summed E-state index contributed by atoms with van der Waals surface area (Å²) in [6, 6.07) is 0. The first-order valence-electron chi connectivity index (χ1n) is 2.53. The summed E-state index contributed by atoms with van der Waals surface area (Å²) in [4.78, 5) is 0. The second-order valence-corrected chi connectivity index (χ2v) is 2.94. The van der Waals surface area contributed by atoms with E-state index in [1.165, 1.54) is 11.5 Å². The van der Waals surface area contributed by atoms with Gasteiger partial charge in [0.25, 0.3) is 0 Å². The van der Waals surface area contributed by atoms with Crippen LogP contribution in [-0.2, 0) is 0 Å². The lowest BCUT2D eigenvalue weighted by Crippen LogP contribution is -2.05. The lowest BCUT2D eigenvalue weighted by atomic mass is 10.2. The van der Waals surface area contributed by atoms with Crippen molar-refractivity contribution in [3.8, 4) is 0 Å². The lowest BCUT2D eigenvalue weighted by Gasteiger charge is -2.08. The Bertz CT molecular complexity index is 72.1. The number of rotatable bonds is 0. The third kappa shape index (κ3) is 1.51. The normalized spacial score (nSPS) is 22.6.